The summed E-state index contributed by atoms with van der Waals surface area (Å²) in [6.45, 7) is 7.16. The van der Waals surface area contributed by atoms with Crippen molar-refractivity contribution >= 4 is 35.9 Å². The summed E-state index contributed by atoms with van der Waals surface area (Å²) in [4.78, 5) is 24.3. The van der Waals surface area contributed by atoms with Crippen molar-refractivity contribution in [3.05, 3.63) is 17.5 Å². The number of halogens is 2. The monoisotopic (exact) mass is 346 g/mol. The molecule has 22 heavy (non-hydrogen) atoms. The van der Waals surface area contributed by atoms with Gasteiger partial charge >= 0.3 is 6.09 Å². The van der Waals surface area contributed by atoms with Crippen molar-refractivity contribution in [3.8, 4) is 0 Å². The summed E-state index contributed by atoms with van der Waals surface area (Å²) in [5, 5.41) is 0.246. The number of ether oxygens (including phenoxy) is 1. The maximum atomic E-state index is 12.2. The van der Waals surface area contributed by atoms with E-state index < -0.39 is 5.60 Å². The van der Waals surface area contributed by atoms with Gasteiger partial charge in [0.1, 0.15) is 11.4 Å². The third-order valence-corrected chi connectivity index (χ3v) is 3.92. The predicted molar refractivity (Wildman–Crippen MR) is 86.8 cm³/mol. The standard InChI is InChI=1S/C14H19ClN4O2.ClH/c1-14(2,3)21-13(20)19-9-6-10(19)8-18(7-9)11-4-5-16-12(15)17-11;/h4-5,9-10H,6-8H2,1-3H3;1H. The Bertz CT molecular complexity index is 552. The van der Waals surface area contributed by atoms with Crippen LogP contribution in [-0.2, 0) is 4.74 Å². The Morgan fingerprint density at radius 3 is 2.55 bits per heavy atom. The lowest BCUT2D eigenvalue weighted by molar-refractivity contribution is -0.0380. The third kappa shape index (κ3) is 3.38. The molecule has 3 aliphatic heterocycles. The number of aromatic nitrogens is 2. The lowest BCUT2D eigenvalue weighted by atomic mass is 9.88. The largest absolute Gasteiger partial charge is 0.444 e. The van der Waals surface area contributed by atoms with Crippen LogP contribution in [0.2, 0.25) is 5.28 Å². The first kappa shape index (κ1) is 17.1. The van der Waals surface area contributed by atoms with Crippen molar-refractivity contribution < 1.29 is 9.53 Å². The lowest BCUT2D eigenvalue weighted by Crippen LogP contribution is -2.70. The summed E-state index contributed by atoms with van der Waals surface area (Å²) < 4.78 is 5.46. The molecule has 122 valence electrons. The van der Waals surface area contributed by atoms with E-state index in [1.54, 1.807) is 6.20 Å². The fraction of sp³-hybridized carbons (Fsp3) is 0.643. The number of anilines is 1. The number of rotatable bonds is 1. The van der Waals surface area contributed by atoms with E-state index in [0.717, 1.165) is 25.3 Å². The maximum Gasteiger partial charge on any atom is 0.410 e. The first-order valence-electron chi connectivity index (χ1n) is 7.08. The molecule has 0 saturated carbocycles. The minimum Gasteiger partial charge on any atom is -0.444 e. The van der Waals surface area contributed by atoms with Gasteiger partial charge in [0.05, 0.1) is 12.1 Å². The maximum absolute atomic E-state index is 12.2. The van der Waals surface area contributed by atoms with Crippen LogP contribution in [0.25, 0.3) is 0 Å². The summed E-state index contributed by atoms with van der Waals surface area (Å²) in [6.07, 6.45) is 2.45. The SMILES string of the molecule is CC(C)(C)OC(=O)N1C2CC1CN(c1ccnc(Cl)n1)C2.Cl. The average Bonchev–Trinajstić information content (AvgIpc) is 2.36. The Morgan fingerprint density at radius 1 is 1.36 bits per heavy atom. The highest BCUT2D eigenvalue weighted by Crippen LogP contribution is 2.35. The van der Waals surface area contributed by atoms with Gasteiger partial charge in [-0.05, 0) is 44.9 Å². The van der Waals surface area contributed by atoms with Gasteiger partial charge < -0.3 is 9.64 Å². The van der Waals surface area contributed by atoms with Crippen LogP contribution in [0.15, 0.2) is 12.3 Å². The minimum atomic E-state index is -0.458. The van der Waals surface area contributed by atoms with E-state index in [4.69, 9.17) is 16.3 Å². The molecule has 2 bridgehead atoms. The lowest BCUT2D eigenvalue weighted by Gasteiger charge is -2.56. The first-order chi connectivity index (χ1) is 9.83. The quantitative estimate of drug-likeness (QED) is 0.731. The Hall–Kier alpha value is -1.27. The zero-order valence-electron chi connectivity index (χ0n) is 12.8. The normalized spacial score (nSPS) is 23.5. The van der Waals surface area contributed by atoms with Crippen molar-refractivity contribution in [1.82, 2.24) is 14.9 Å². The van der Waals surface area contributed by atoms with Gasteiger partial charge in [0.2, 0.25) is 5.28 Å². The van der Waals surface area contributed by atoms with Crippen LogP contribution in [0.5, 0.6) is 0 Å². The summed E-state index contributed by atoms with van der Waals surface area (Å²) in [6, 6.07) is 2.22. The summed E-state index contributed by atoms with van der Waals surface area (Å²) in [5.74, 6) is 0.813. The molecule has 2 unspecified atom stereocenters. The highest BCUT2D eigenvalue weighted by Gasteiger charge is 2.49. The summed E-state index contributed by atoms with van der Waals surface area (Å²) in [5.41, 5.74) is -0.458. The van der Waals surface area contributed by atoms with Crippen molar-refractivity contribution in [1.29, 1.82) is 0 Å². The number of amides is 1. The highest BCUT2D eigenvalue weighted by molar-refractivity contribution is 6.28. The fourth-order valence-electron chi connectivity index (χ4n) is 2.91. The number of fused-ring (bicyclic) bond motifs is 2. The van der Waals surface area contributed by atoms with Crippen molar-refractivity contribution in [2.75, 3.05) is 18.0 Å². The predicted octanol–water partition coefficient (Wildman–Crippen LogP) is 2.75. The van der Waals surface area contributed by atoms with Crippen LogP contribution < -0.4 is 4.90 Å². The molecular weight excluding hydrogens is 327 g/mol. The number of hydrogen-bond donors (Lipinski definition) is 0. The number of hydrogen-bond acceptors (Lipinski definition) is 5. The Labute approximate surface area is 141 Å². The number of carbonyl (C=O) groups is 1. The van der Waals surface area contributed by atoms with Crippen molar-refractivity contribution in [2.45, 2.75) is 44.9 Å². The molecule has 1 amide bonds. The van der Waals surface area contributed by atoms with E-state index in [-0.39, 0.29) is 35.9 Å². The molecule has 3 saturated heterocycles. The molecule has 0 N–H and O–H groups in total. The molecule has 8 heteroatoms. The molecule has 1 aromatic rings. The second-order valence-electron chi connectivity index (χ2n) is 6.52. The van der Waals surface area contributed by atoms with Crippen LogP contribution in [0.4, 0.5) is 10.6 Å². The average molecular weight is 347 g/mol. The van der Waals surface area contributed by atoms with Gasteiger partial charge in [-0.15, -0.1) is 12.4 Å². The number of carbonyl (C=O) groups excluding carboxylic acids is 1. The molecular formula is C14H20Cl2N4O2. The van der Waals surface area contributed by atoms with Gasteiger partial charge in [-0.25, -0.2) is 14.8 Å². The number of piperidine rings is 1. The van der Waals surface area contributed by atoms with Gasteiger partial charge in [0.15, 0.2) is 0 Å². The van der Waals surface area contributed by atoms with E-state index >= 15 is 0 Å². The number of piperazine rings is 1. The van der Waals surface area contributed by atoms with Crippen LogP contribution in [0.3, 0.4) is 0 Å². The van der Waals surface area contributed by atoms with Gasteiger partial charge in [-0.1, -0.05) is 0 Å². The number of nitrogens with zero attached hydrogens (tertiary/aromatic N) is 4. The summed E-state index contributed by atoms with van der Waals surface area (Å²) >= 11 is 5.83. The Balaban J connectivity index is 0.00000176. The van der Waals surface area contributed by atoms with Crippen LogP contribution in [0.1, 0.15) is 27.2 Å². The van der Waals surface area contributed by atoms with E-state index in [9.17, 15) is 4.79 Å². The van der Waals surface area contributed by atoms with Crippen LogP contribution in [-0.4, -0.2) is 51.7 Å². The second kappa shape index (κ2) is 6.08. The van der Waals surface area contributed by atoms with Gasteiger partial charge in [0, 0.05) is 19.3 Å². The second-order valence-corrected chi connectivity index (χ2v) is 6.86. The smallest absolute Gasteiger partial charge is 0.410 e. The van der Waals surface area contributed by atoms with E-state index in [2.05, 4.69) is 14.9 Å². The zero-order valence-corrected chi connectivity index (χ0v) is 14.4. The van der Waals surface area contributed by atoms with Gasteiger partial charge in [-0.3, -0.25) is 4.90 Å². The molecule has 3 fully saturated rings. The highest BCUT2D eigenvalue weighted by atomic mass is 35.5. The molecule has 6 nitrogen and oxygen atoms in total. The van der Waals surface area contributed by atoms with Crippen molar-refractivity contribution in [3.63, 3.8) is 0 Å². The van der Waals surface area contributed by atoms with Crippen LogP contribution >= 0.6 is 24.0 Å². The summed E-state index contributed by atoms with van der Waals surface area (Å²) in [7, 11) is 0. The Morgan fingerprint density at radius 2 is 2.00 bits per heavy atom. The van der Waals surface area contributed by atoms with Crippen LogP contribution in [0, 0.1) is 0 Å². The molecule has 4 heterocycles. The molecule has 4 rings (SSSR count). The van der Waals surface area contributed by atoms with Crippen molar-refractivity contribution in [2.24, 2.45) is 0 Å². The van der Waals surface area contributed by atoms with E-state index in [1.165, 1.54) is 0 Å². The van der Waals surface area contributed by atoms with E-state index in [0.29, 0.717) is 0 Å². The topological polar surface area (TPSA) is 58.6 Å². The van der Waals surface area contributed by atoms with Gasteiger partial charge in [-0.2, -0.15) is 0 Å². The molecule has 2 atom stereocenters. The minimum absolute atomic E-state index is 0. The molecule has 0 aliphatic carbocycles. The zero-order chi connectivity index (χ0) is 15.2. The van der Waals surface area contributed by atoms with Gasteiger partial charge in [0.25, 0.3) is 0 Å². The molecule has 0 aromatic carbocycles. The molecule has 0 radical (unpaired) electrons. The Kier molecular flexibility index (Phi) is 4.73. The molecule has 1 aromatic heterocycles. The van der Waals surface area contributed by atoms with E-state index in [1.807, 2.05) is 31.7 Å². The first-order valence-corrected chi connectivity index (χ1v) is 7.46. The molecule has 3 aliphatic rings. The fourth-order valence-corrected chi connectivity index (χ4v) is 3.05. The molecule has 0 spiro atoms. The third-order valence-electron chi connectivity index (χ3n) is 3.73.